The number of alkyl halides is 3. The van der Waals surface area contributed by atoms with E-state index in [9.17, 15) is 32.3 Å². The Kier molecular flexibility index (Phi) is 7.10. The van der Waals surface area contributed by atoms with E-state index >= 15 is 0 Å². The summed E-state index contributed by atoms with van der Waals surface area (Å²) in [6.07, 6.45) is -3.83. The van der Waals surface area contributed by atoms with E-state index in [4.69, 9.17) is 4.74 Å². The molecule has 2 N–H and O–H groups in total. The topological polar surface area (TPSA) is 109 Å². The van der Waals surface area contributed by atoms with Gasteiger partial charge in [0.15, 0.2) is 6.61 Å². The molecular formula is C34H26F3N3O5S2. The summed E-state index contributed by atoms with van der Waals surface area (Å²) in [7, 11) is 0. The number of nitrogens with zero attached hydrogens (tertiary/aromatic N) is 1. The smallest absolute Gasteiger partial charge is 0.416 e. The predicted molar refractivity (Wildman–Crippen MR) is 169 cm³/mol. The number of carbonyl (C=O) groups excluding carboxylic acids is 3. The van der Waals surface area contributed by atoms with Crippen molar-refractivity contribution in [3.63, 3.8) is 0 Å². The Balaban J connectivity index is 1.10. The standard InChI is InChI=1S/C34H26F3N3O5S2/c35-34(36,37)16-7-6-8-17(13-16)38-23(41)15-45-22-12-5-4-11-19(22)24-25-20-14-21(28(25)46-30-29(24)47-33(44)39-30)27-26(20)31(42)40(32(27)43)18-9-2-1-3-10-18/h1-13,20-21,24-28H,14-15H2,(H,38,41)(H,39,44)/t20?,21?,24-,25?,26?,27?,28?/m1/s1. The molecule has 3 heterocycles. The third-order valence-corrected chi connectivity index (χ3v) is 12.4. The quantitative estimate of drug-likeness (QED) is 0.237. The largest absolute Gasteiger partial charge is 0.483 e. The van der Waals surface area contributed by atoms with Gasteiger partial charge in [0.05, 0.1) is 28.1 Å². The van der Waals surface area contributed by atoms with Crippen LogP contribution in [0.4, 0.5) is 24.5 Å². The number of ether oxygens (including phenoxy) is 1. The van der Waals surface area contributed by atoms with Gasteiger partial charge < -0.3 is 15.0 Å². The van der Waals surface area contributed by atoms with Gasteiger partial charge in [-0.2, -0.15) is 13.2 Å². The molecule has 0 radical (unpaired) electrons. The minimum atomic E-state index is -4.55. The highest BCUT2D eigenvalue weighted by atomic mass is 32.2. The molecular weight excluding hydrogens is 652 g/mol. The second-order valence-corrected chi connectivity index (χ2v) is 14.5. The summed E-state index contributed by atoms with van der Waals surface area (Å²) in [5.41, 5.74) is 0.420. The summed E-state index contributed by atoms with van der Waals surface area (Å²) in [6.45, 7) is -0.463. The molecule has 2 aliphatic carbocycles. The first-order valence-electron chi connectivity index (χ1n) is 15.1. The van der Waals surface area contributed by atoms with Gasteiger partial charge >= 0.3 is 11.0 Å². The number of benzene rings is 3. The number of rotatable bonds is 6. The number of hydrogen-bond donors (Lipinski definition) is 2. The van der Waals surface area contributed by atoms with E-state index in [-0.39, 0.29) is 51.3 Å². The van der Waals surface area contributed by atoms with Gasteiger partial charge in [0.2, 0.25) is 11.8 Å². The van der Waals surface area contributed by atoms with Crippen LogP contribution in [0, 0.1) is 29.6 Å². The molecule has 1 aromatic heterocycles. The Labute approximate surface area is 274 Å². The molecule has 0 spiro atoms. The second kappa shape index (κ2) is 11.1. The first kappa shape index (κ1) is 30.0. The lowest BCUT2D eigenvalue weighted by molar-refractivity contribution is -0.137. The SMILES string of the molecule is O=C(COc1ccccc1[C@H]1c2sc(=O)[nH]c2SC2C3CC(C4C(=O)N(c5ccccc5)C(=O)C34)C21)Nc1cccc(C(F)(F)F)c1. The minimum absolute atomic E-state index is 0.00698. The van der Waals surface area contributed by atoms with Crippen LogP contribution in [0.25, 0.3) is 0 Å². The molecule has 47 heavy (non-hydrogen) atoms. The van der Waals surface area contributed by atoms with Crippen LogP contribution in [0.2, 0.25) is 0 Å². The van der Waals surface area contributed by atoms with E-state index in [1.165, 1.54) is 17.0 Å². The van der Waals surface area contributed by atoms with Crippen molar-refractivity contribution in [3.8, 4) is 5.75 Å². The molecule has 6 unspecified atom stereocenters. The van der Waals surface area contributed by atoms with E-state index in [0.29, 0.717) is 11.4 Å². The first-order chi connectivity index (χ1) is 22.6. The third-order valence-electron chi connectivity index (χ3n) is 9.82. The Morgan fingerprint density at radius 1 is 0.936 bits per heavy atom. The van der Waals surface area contributed by atoms with Gasteiger partial charge in [0.25, 0.3) is 5.91 Å². The van der Waals surface area contributed by atoms with Crippen LogP contribution in [-0.4, -0.2) is 34.6 Å². The van der Waals surface area contributed by atoms with Gasteiger partial charge in [0.1, 0.15) is 5.75 Å². The van der Waals surface area contributed by atoms with Crippen molar-refractivity contribution in [3.05, 3.63) is 105 Å². The van der Waals surface area contributed by atoms with Crippen molar-refractivity contribution in [2.75, 3.05) is 16.8 Å². The van der Waals surface area contributed by atoms with E-state index in [2.05, 4.69) is 10.3 Å². The zero-order chi connectivity index (χ0) is 32.6. The fourth-order valence-corrected chi connectivity index (χ4v) is 11.1. The summed E-state index contributed by atoms with van der Waals surface area (Å²) in [4.78, 5) is 58.2. The Morgan fingerprint density at radius 3 is 2.43 bits per heavy atom. The second-order valence-electron chi connectivity index (χ2n) is 12.3. The van der Waals surface area contributed by atoms with Crippen LogP contribution in [-0.2, 0) is 20.6 Å². The molecule has 8 rings (SSSR count). The van der Waals surface area contributed by atoms with E-state index < -0.39 is 36.1 Å². The number of aromatic nitrogens is 1. The number of amides is 3. The number of fused-ring (bicyclic) bond motifs is 9. The van der Waals surface area contributed by atoms with E-state index in [1.807, 2.05) is 18.2 Å². The van der Waals surface area contributed by atoms with Gasteiger partial charge in [-0.15, -0.1) is 11.8 Å². The van der Waals surface area contributed by atoms with Crippen molar-refractivity contribution in [2.45, 2.75) is 28.8 Å². The highest BCUT2D eigenvalue weighted by Crippen LogP contribution is 2.69. The van der Waals surface area contributed by atoms with Crippen molar-refractivity contribution in [1.82, 2.24) is 4.98 Å². The van der Waals surface area contributed by atoms with Crippen molar-refractivity contribution >= 4 is 52.2 Å². The Bertz CT molecular complexity index is 1980. The lowest BCUT2D eigenvalue weighted by Crippen LogP contribution is -2.42. The normalized spacial score (nSPS) is 27.4. The maximum atomic E-state index is 13.9. The van der Waals surface area contributed by atoms with Gasteiger partial charge in [0, 0.05) is 27.3 Å². The van der Waals surface area contributed by atoms with Crippen molar-refractivity contribution in [1.29, 1.82) is 0 Å². The number of hydrogen-bond acceptors (Lipinski definition) is 7. The van der Waals surface area contributed by atoms with Gasteiger partial charge in [-0.1, -0.05) is 53.8 Å². The van der Waals surface area contributed by atoms with Gasteiger partial charge in [-0.3, -0.25) is 24.1 Å². The minimum Gasteiger partial charge on any atom is -0.483 e. The average Bonchev–Trinajstić information content (AvgIpc) is 3.79. The fourth-order valence-electron chi connectivity index (χ4n) is 8.18. The summed E-state index contributed by atoms with van der Waals surface area (Å²) in [5.74, 6) is -2.10. The number of H-pyrrole nitrogens is 1. The Morgan fingerprint density at radius 2 is 1.66 bits per heavy atom. The summed E-state index contributed by atoms with van der Waals surface area (Å²) in [6, 6.07) is 20.5. The van der Waals surface area contributed by atoms with Crippen LogP contribution < -0.4 is 19.8 Å². The number of nitrogens with one attached hydrogen (secondary N) is 2. The summed E-state index contributed by atoms with van der Waals surface area (Å²) in [5, 5.41) is 3.17. The number of aromatic amines is 1. The molecule has 2 saturated carbocycles. The zero-order valence-corrected chi connectivity index (χ0v) is 26.0. The molecule has 1 saturated heterocycles. The van der Waals surface area contributed by atoms with Gasteiger partial charge in [-0.05, 0) is 60.6 Å². The number of thiazole rings is 1. The van der Waals surface area contributed by atoms with Crippen LogP contribution in [0.15, 0.2) is 88.7 Å². The molecule has 4 aliphatic rings. The lowest BCUT2D eigenvalue weighted by atomic mass is 9.68. The molecule has 3 aromatic carbocycles. The number of carbonyl (C=O) groups is 3. The maximum absolute atomic E-state index is 13.9. The van der Waals surface area contributed by atoms with Crippen LogP contribution in [0.3, 0.4) is 0 Å². The average molecular weight is 678 g/mol. The molecule has 3 amide bonds. The maximum Gasteiger partial charge on any atom is 0.416 e. The highest BCUT2D eigenvalue weighted by Gasteiger charge is 2.69. The van der Waals surface area contributed by atoms with E-state index in [1.54, 1.807) is 48.2 Å². The van der Waals surface area contributed by atoms with Crippen molar-refractivity contribution < 1.29 is 32.3 Å². The first-order valence-corrected chi connectivity index (χ1v) is 16.8. The zero-order valence-electron chi connectivity index (χ0n) is 24.4. The predicted octanol–water partition coefficient (Wildman–Crippen LogP) is 6.15. The fraction of sp³-hybridized carbons (Fsp3) is 0.294. The summed E-state index contributed by atoms with van der Waals surface area (Å²) < 4.78 is 45.5. The molecule has 4 aromatic rings. The van der Waals surface area contributed by atoms with Crippen LogP contribution >= 0.6 is 23.1 Å². The van der Waals surface area contributed by atoms with Crippen molar-refractivity contribution in [2.24, 2.45) is 29.6 Å². The molecule has 2 bridgehead atoms. The number of para-hydroxylation sites is 2. The molecule has 2 aliphatic heterocycles. The number of anilines is 2. The molecule has 3 fully saturated rings. The lowest BCUT2D eigenvalue weighted by Gasteiger charge is -2.43. The third kappa shape index (κ3) is 4.89. The van der Waals surface area contributed by atoms with Crippen LogP contribution in [0.5, 0.6) is 5.75 Å². The molecule has 8 nitrogen and oxygen atoms in total. The molecule has 13 heteroatoms. The number of imide groups is 1. The number of halogens is 3. The highest BCUT2D eigenvalue weighted by molar-refractivity contribution is 8.00. The molecule has 240 valence electrons. The summed E-state index contributed by atoms with van der Waals surface area (Å²) >= 11 is 2.69. The molecule has 7 atom stereocenters. The Hall–Kier alpha value is -4.36. The van der Waals surface area contributed by atoms with Gasteiger partial charge in [-0.25, -0.2) is 0 Å². The number of thioether (sulfide) groups is 1. The monoisotopic (exact) mass is 677 g/mol. The van der Waals surface area contributed by atoms with E-state index in [0.717, 1.165) is 45.4 Å². The van der Waals surface area contributed by atoms with Crippen LogP contribution in [0.1, 0.15) is 28.3 Å².